The lowest BCUT2D eigenvalue weighted by Crippen LogP contribution is -2.16. The Hall–Kier alpha value is -1.32. The van der Waals surface area contributed by atoms with Crippen LogP contribution in [0.2, 0.25) is 5.02 Å². The van der Waals surface area contributed by atoms with Gasteiger partial charge in [0.1, 0.15) is 0 Å². The smallest absolute Gasteiger partial charge is 0.0638 e. The molecule has 1 aliphatic rings. The van der Waals surface area contributed by atoms with Crippen molar-refractivity contribution in [1.29, 1.82) is 0 Å². The summed E-state index contributed by atoms with van der Waals surface area (Å²) in [4.78, 5) is 8.07. The van der Waals surface area contributed by atoms with Crippen LogP contribution in [0.25, 0.3) is 10.9 Å². The maximum atomic E-state index is 9.21. The van der Waals surface area contributed by atoms with Crippen molar-refractivity contribution in [1.82, 2.24) is 4.98 Å². The number of hydrogen-bond donors (Lipinski definition) is 2. The van der Waals surface area contributed by atoms with Crippen molar-refractivity contribution in [2.75, 3.05) is 13.2 Å². The fourth-order valence-corrected chi connectivity index (χ4v) is 2.84. The van der Waals surface area contributed by atoms with Gasteiger partial charge < -0.3 is 10.1 Å². The number of fused-ring (bicyclic) bond motifs is 3. The summed E-state index contributed by atoms with van der Waals surface area (Å²) < 4.78 is 0. The summed E-state index contributed by atoms with van der Waals surface area (Å²) in [6, 6.07) is 5.94. The van der Waals surface area contributed by atoms with Gasteiger partial charge in [-0.15, -0.1) is 0 Å². The summed E-state index contributed by atoms with van der Waals surface area (Å²) in [6.07, 6.45) is 1.76. The van der Waals surface area contributed by atoms with E-state index in [0.717, 1.165) is 41.3 Å². The van der Waals surface area contributed by atoms with E-state index in [1.807, 2.05) is 25.1 Å². The Kier molecular flexibility index (Phi) is 3.33. The number of benzene rings is 1. The van der Waals surface area contributed by atoms with Gasteiger partial charge in [-0.25, -0.2) is 0 Å². The van der Waals surface area contributed by atoms with E-state index in [9.17, 15) is 5.11 Å². The first-order valence-electron chi connectivity index (χ1n) is 6.63. The van der Waals surface area contributed by atoms with Crippen molar-refractivity contribution in [3.63, 3.8) is 0 Å². The third kappa shape index (κ3) is 2.28. The molecule has 1 aromatic carbocycles. The van der Waals surface area contributed by atoms with E-state index in [2.05, 4.69) is 9.98 Å². The molecule has 4 heteroatoms. The van der Waals surface area contributed by atoms with E-state index >= 15 is 0 Å². The normalized spacial score (nSPS) is 16.3. The van der Waals surface area contributed by atoms with Gasteiger partial charge in [0, 0.05) is 29.1 Å². The van der Waals surface area contributed by atoms with Crippen LogP contribution in [-0.2, 0) is 6.42 Å². The minimum absolute atomic E-state index is 0.195. The Morgan fingerprint density at radius 3 is 3.11 bits per heavy atom. The number of rotatable bonds is 3. The molecule has 1 aromatic heterocycles. The monoisotopic (exact) mass is 276 g/mol. The minimum Gasteiger partial charge on any atom is -0.396 e. The Labute approximate surface area is 117 Å². The summed E-state index contributed by atoms with van der Waals surface area (Å²) in [5, 5.41) is 11.2. The van der Waals surface area contributed by atoms with Gasteiger partial charge in [-0.2, -0.15) is 0 Å². The molecule has 0 aliphatic carbocycles. The van der Waals surface area contributed by atoms with Crippen LogP contribution >= 0.6 is 11.6 Å². The third-order valence-electron chi connectivity index (χ3n) is 3.67. The first-order valence-corrected chi connectivity index (χ1v) is 7.01. The first kappa shape index (κ1) is 12.7. The molecule has 1 atom stereocenters. The fraction of sp³-hybridized carbons (Fsp3) is 0.400. The van der Waals surface area contributed by atoms with E-state index in [1.54, 1.807) is 0 Å². The van der Waals surface area contributed by atoms with Gasteiger partial charge in [-0.3, -0.25) is 4.99 Å². The molecule has 0 saturated heterocycles. The standard InChI is InChI=1S/C15H17ClN2O/c1-9(8-19)6-14-15-11(4-5-17-14)12-7-10(16)2-3-13(12)18-15/h2-3,7,9,18-19H,4-6,8H2,1H3. The second kappa shape index (κ2) is 4.99. The van der Waals surface area contributed by atoms with Gasteiger partial charge in [-0.05, 0) is 42.5 Å². The van der Waals surface area contributed by atoms with E-state index < -0.39 is 0 Å². The highest BCUT2D eigenvalue weighted by molar-refractivity contribution is 6.31. The van der Waals surface area contributed by atoms with E-state index in [1.165, 1.54) is 10.9 Å². The number of H-pyrrole nitrogens is 1. The Morgan fingerprint density at radius 1 is 1.47 bits per heavy atom. The number of halogens is 1. The van der Waals surface area contributed by atoms with Crippen LogP contribution in [0, 0.1) is 5.92 Å². The van der Waals surface area contributed by atoms with E-state index in [4.69, 9.17) is 11.6 Å². The number of aromatic nitrogens is 1. The number of aromatic amines is 1. The van der Waals surface area contributed by atoms with Gasteiger partial charge in [-0.1, -0.05) is 18.5 Å². The second-order valence-corrected chi connectivity index (χ2v) is 5.68. The summed E-state index contributed by atoms with van der Waals surface area (Å²) in [5.41, 5.74) is 4.63. The number of hydrogen-bond acceptors (Lipinski definition) is 2. The quantitative estimate of drug-likeness (QED) is 0.889. The second-order valence-electron chi connectivity index (χ2n) is 5.24. The van der Waals surface area contributed by atoms with Crippen molar-refractivity contribution >= 4 is 28.2 Å². The highest BCUT2D eigenvalue weighted by Crippen LogP contribution is 2.29. The molecular weight excluding hydrogens is 260 g/mol. The van der Waals surface area contributed by atoms with Crippen molar-refractivity contribution < 1.29 is 5.11 Å². The van der Waals surface area contributed by atoms with Crippen LogP contribution in [0.15, 0.2) is 23.2 Å². The summed E-state index contributed by atoms with van der Waals surface area (Å²) in [5.74, 6) is 0.236. The molecule has 19 heavy (non-hydrogen) atoms. The SMILES string of the molecule is CC(CO)CC1=NCCc2c1[nH]c1ccc(Cl)cc21. The maximum Gasteiger partial charge on any atom is 0.0638 e. The Balaban J connectivity index is 2.07. The molecule has 0 radical (unpaired) electrons. The topological polar surface area (TPSA) is 48.4 Å². The van der Waals surface area contributed by atoms with Crippen molar-refractivity contribution in [2.45, 2.75) is 19.8 Å². The van der Waals surface area contributed by atoms with Crippen LogP contribution < -0.4 is 0 Å². The zero-order chi connectivity index (χ0) is 13.4. The molecule has 2 aromatic rings. The van der Waals surface area contributed by atoms with Crippen LogP contribution in [0.5, 0.6) is 0 Å². The van der Waals surface area contributed by atoms with Gasteiger partial charge >= 0.3 is 0 Å². The number of aliphatic imine (C=N–C) groups is 1. The van der Waals surface area contributed by atoms with Gasteiger partial charge in [0.05, 0.1) is 11.4 Å². The van der Waals surface area contributed by atoms with Crippen molar-refractivity contribution in [2.24, 2.45) is 10.9 Å². The van der Waals surface area contributed by atoms with E-state index in [-0.39, 0.29) is 12.5 Å². The summed E-state index contributed by atoms with van der Waals surface area (Å²) in [6.45, 7) is 3.05. The van der Waals surface area contributed by atoms with Gasteiger partial charge in [0.15, 0.2) is 0 Å². The van der Waals surface area contributed by atoms with Gasteiger partial charge in [0.25, 0.3) is 0 Å². The van der Waals surface area contributed by atoms with Gasteiger partial charge in [0.2, 0.25) is 0 Å². The summed E-state index contributed by atoms with van der Waals surface area (Å²) in [7, 11) is 0. The number of aliphatic hydroxyl groups excluding tert-OH is 1. The summed E-state index contributed by atoms with van der Waals surface area (Å²) >= 11 is 6.08. The lowest BCUT2D eigenvalue weighted by molar-refractivity contribution is 0.241. The molecule has 0 saturated carbocycles. The minimum atomic E-state index is 0.195. The highest BCUT2D eigenvalue weighted by atomic mass is 35.5. The lowest BCUT2D eigenvalue weighted by atomic mass is 9.96. The molecule has 3 rings (SSSR count). The van der Waals surface area contributed by atoms with Crippen LogP contribution in [0.3, 0.4) is 0 Å². The predicted molar refractivity (Wildman–Crippen MR) is 79.3 cm³/mol. The first-order chi connectivity index (χ1) is 9.19. The lowest BCUT2D eigenvalue weighted by Gasteiger charge is -2.15. The molecule has 0 bridgehead atoms. The Bertz CT molecular complexity index is 645. The zero-order valence-electron chi connectivity index (χ0n) is 10.9. The molecule has 0 fully saturated rings. The zero-order valence-corrected chi connectivity index (χ0v) is 11.7. The average Bonchev–Trinajstić information content (AvgIpc) is 2.78. The molecular formula is C15H17ClN2O. The van der Waals surface area contributed by atoms with Crippen LogP contribution in [0.1, 0.15) is 24.6 Å². The van der Waals surface area contributed by atoms with Crippen molar-refractivity contribution in [3.05, 3.63) is 34.5 Å². The molecule has 1 unspecified atom stereocenters. The third-order valence-corrected chi connectivity index (χ3v) is 3.91. The van der Waals surface area contributed by atoms with Crippen LogP contribution in [0.4, 0.5) is 0 Å². The van der Waals surface area contributed by atoms with E-state index in [0.29, 0.717) is 0 Å². The molecule has 0 amide bonds. The molecule has 100 valence electrons. The molecule has 3 nitrogen and oxygen atoms in total. The molecule has 2 N–H and O–H groups in total. The Morgan fingerprint density at radius 2 is 2.32 bits per heavy atom. The average molecular weight is 277 g/mol. The highest BCUT2D eigenvalue weighted by Gasteiger charge is 2.20. The van der Waals surface area contributed by atoms with Crippen LogP contribution in [-0.4, -0.2) is 29.0 Å². The molecule has 2 heterocycles. The molecule has 0 spiro atoms. The maximum absolute atomic E-state index is 9.21. The fourth-order valence-electron chi connectivity index (χ4n) is 2.67. The number of aliphatic hydroxyl groups is 1. The van der Waals surface area contributed by atoms with Crippen molar-refractivity contribution in [3.8, 4) is 0 Å². The predicted octanol–water partition coefficient (Wildman–Crippen LogP) is 3.19. The number of nitrogens with one attached hydrogen (secondary N) is 1. The molecule has 1 aliphatic heterocycles. The largest absolute Gasteiger partial charge is 0.396 e. The number of nitrogens with zero attached hydrogens (tertiary/aromatic N) is 1.